The zero-order chi connectivity index (χ0) is 15.4. The Labute approximate surface area is 134 Å². The van der Waals surface area contributed by atoms with Gasteiger partial charge in [0, 0.05) is 24.8 Å². The molecule has 0 saturated carbocycles. The second-order valence-corrected chi connectivity index (χ2v) is 6.22. The second kappa shape index (κ2) is 6.79. The highest BCUT2D eigenvalue weighted by molar-refractivity contribution is 7.12. The summed E-state index contributed by atoms with van der Waals surface area (Å²) < 4.78 is 2.24. The highest BCUT2D eigenvalue weighted by Gasteiger charge is 2.11. The second-order valence-electron chi connectivity index (χ2n) is 5.31. The van der Waals surface area contributed by atoms with Gasteiger partial charge in [0.2, 0.25) is 0 Å². The van der Waals surface area contributed by atoms with Gasteiger partial charge in [-0.05, 0) is 47.4 Å². The van der Waals surface area contributed by atoms with E-state index in [2.05, 4.69) is 53.3 Å². The Hall–Kier alpha value is -2.07. The van der Waals surface area contributed by atoms with E-state index in [1.165, 1.54) is 22.2 Å². The molecule has 0 aliphatic carbocycles. The van der Waals surface area contributed by atoms with Crippen molar-refractivity contribution in [1.29, 1.82) is 0 Å². The molecule has 0 aliphatic heterocycles. The van der Waals surface area contributed by atoms with Crippen molar-refractivity contribution in [3.05, 3.63) is 58.4 Å². The summed E-state index contributed by atoms with van der Waals surface area (Å²) in [4.78, 5) is 13.0. The Morgan fingerprint density at radius 2 is 2.09 bits per heavy atom. The number of carbonyl (C=O) groups excluding carboxylic acids is 1. The van der Waals surface area contributed by atoms with Crippen LogP contribution >= 0.6 is 11.3 Å². The lowest BCUT2D eigenvalue weighted by Gasteiger charge is -2.07. The van der Waals surface area contributed by atoms with Crippen molar-refractivity contribution < 1.29 is 4.79 Å². The topological polar surface area (TPSA) is 34.0 Å². The van der Waals surface area contributed by atoms with Crippen molar-refractivity contribution >= 4 is 28.1 Å². The molecular weight excluding hydrogens is 292 g/mol. The van der Waals surface area contributed by atoms with Crippen LogP contribution < -0.4 is 5.32 Å². The Morgan fingerprint density at radius 1 is 1.23 bits per heavy atom. The summed E-state index contributed by atoms with van der Waals surface area (Å²) in [6.45, 7) is 3.70. The van der Waals surface area contributed by atoms with E-state index in [1.807, 2.05) is 11.4 Å². The molecule has 22 heavy (non-hydrogen) atoms. The first-order chi connectivity index (χ1) is 10.8. The number of nitrogens with one attached hydrogen (secondary N) is 1. The van der Waals surface area contributed by atoms with Crippen molar-refractivity contribution in [3.63, 3.8) is 0 Å². The molecule has 3 nitrogen and oxygen atoms in total. The molecule has 3 rings (SSSR count). The predicted octanol–water partition coefficient (Wildman–Crippen LogP) is 4.09. The maximum Gasteiger partial charge on any atom is 0.261 e. The predicted molar refractivity (Wildman–Crippen MR) is 92.6 cm³/mol. The van der Waals surface area contributed by atoms with Crippen LogP contribution in [0.1, 0.15) is 28.6 Å². The molecule has 0 bridgehead atoms. The molecular formula is C18H20N2OS. The third-order valence-electron chi connectivity index (χ3n) is 3.88. The van der Waals surface area contributed by atoms with Gasteiger partial charge in [0.1, 0.15) is 0 Å². The number of fused-ring (bicyclic) bond motifs is 1. The highest BCUT2D eigenvalue weighted by Crippen LogP contribution is 2.17. The Balaban J connectivity index is 1.52. The number of nitrogens with zero attached hydrogens (tertiary/aromatic N) is 1. The van der Waals surface area contributed by atoms with Crippen LogP contribution in [0.2, 0.25) is 0 Å². The molecule has 0 spiro atoms. The summed E-state index contributed by atoms with van der Waals surface area (Å²) >= 11 is 1.52. The molecule has 0 unspecified atom stereocenters. The van der Waals surface area contributed by atoms with Crippen LogP contribution in [-0.4, -0.2) is 17.0 Å². The van der Waals surface area contributed by atoms with Crippen LogP contribution in [0.5, 0.6) is 0 Å². The van der Waals surface area contributed by atoms with E-state index in [9.17, 15) is 4.79 Å². The summed E-state index contributed by atoms with van der Waals surface area (Å²) in [6.07, 6.45) is 3.94. The van der Waals surface area contributed by atoms with E-state index in [0.717, 1.165) is 29.8 Å². The highest BCUT2D eigenvalue weighted by atomic mass is 32.1. The summed E-state index contributed by atoms with van der Waals surface area (Å²) in [5.41, 5.74) is 2.39. The largest absolute Gasteiger partial charge is 0.351 e. The molecule has 0 atom stereocenters. The van der Waals surface area contributed by atoms with Gasteiger partial charge in [-0.2, -0.15) is 0 Å². The van der Waals surface area contributed by atoms with Crippen LogP contribution in [0.4, 0.5) is 0 Å². The summed E-state index contributed by atoms with van der Waals surface area (Å²) in [5, 5.41) is 6.28. The zero-order valence-electron chi connectivity index (χ0n) is 12.7. The lowest BCUT2D eigenvalue weighted by Crippen LogP contribution is -2.25. The molecule has 0 aliphatic rings. The molecule has 2 aromatic heterocycles. The van der Waals surface area contributed by atoms with Gasteiger partial charge in [-0.15, -0.1) is 11.3 Å². The number of hydrogen-bond donors (Lipinski definition) is 1. The summed E-state index contributed by atoms with van der Waals surface area (Å²) in [5.74, 6) is 0.0595. The monoisotopic (exact) mass is 312 g/mol. The third-order valence-corrected chi connectivity index (χ3v) is 4.83. The zero-order valence-corrected chi connectivity index (χ0v) is 13.5. The average Bonchev–Trinajstić information content (AvgIpc) is 3.18. The van der Waals surface area contributed by atoms with Crippen molar-refractivity contribution in [2.75, 3.05) is 6.54 Å². The Kier molecular flexibility index (Phi) is 4.59. The van der Waals surface area contributed by atoms with Gasteiger partial charge in [0.05, 0.1) is 4.88 Å². The maximum atomic E-state index is 12.2. The summed E-state index contributed by atoms with van der Waals surface area (Å²) in [7, 11) is 0. The molecule has 0 saturated heterocycles. The number of benzene rings is 1. The fourth-order valence-electron chi connectivity index (χ4n) is 2.68. The number of carbonyl (C=O) groups is 1. The van der Waals surface area contributed by atoms with E-state index in [4.69, 9.17) is 0 Å². The molecule has 3 aromatic rings. The molecule has 114 valence electrons. The minimum atomic E-state index is 0.0595. The lowest BCUT2D eigenvalue weighted by molar-refractivity contribution is 0.0956. The molecule has 4 heteroatoms. The molecule has 1 amide bonds. The van der Waals surface area contributed by atoms with Gasteiger partial charge in [0.25, 0.3) is 5.91 Å². The van der Waals surface area contributed by atoms with Crippen LogP contribution in [0.3, 0.4) is 0 Å². The molecule has 0 fully saturated rings. The van der Waals surface area contributed by atoms with Gasteiger partial charge in [-0.3, -0.25) is 4.79 Å². The summed E-state index contributed by atoms with van der Waals surface area (Å²) in [6, 6.07) is 12.5. The van der Waals surface area contributed by atoms with Crippen molar-refractivity contribution in [1.82, 2.24) is 9.88 Å². The van der Waals surface area contributed by atoms with Gasteiger partial charge in [0.15, 0.2) is 0 Å². The quantitative estimate of drug-likeness (QED) is 0.684. The number of aromatic nitrogens is 1. The third kappa shape index (κ3) is 3.07. The Bertz CT molecular complexity index is 772. The van der Waals surface area contributed by atoms with Crippen molar-refractivity contribution in [2.24, 2.45) is 0 Å². The molecule has 0 radical (unpaired) electrons. The first-order valence-electron chi connectivity index (χ1n) is 7.68. The van der Waals surface area contributed by atoms with Gasteiger partial charge in [-0.1, -0.05) is 25.1 Å². The fraction of sp³-hybridized carbons (Fsp3) is 0.278. The van der Waals surface area contributed by atoms with E-state index in [0.29, 0.717) is 6.54 Å². The maximum absolute atomic E-state index is 12.2. The van der Waals surface area contributed by atoms with Crippen LogP contribution in [-0.2, 0) is 13.0 Å². The van der Waals surface area contributed by atoms with Gasteiger partial charge < -0.3 is 9.88 Å². The molecule has 1 N–H and O–H groups in total. The van der Waals surface area contributed by atoms with Crippen LogP contribution in [0, 0.1) is 0 Å². The van der Waals surface area contributed by atoms with E-state index in [-0.39, 0.29) is 5.91 Å². The first-order valence-corrected chi connectivity index (χ1v) is 8.56. The van der Waals surface area contributed by atoms with Gasteiger partial charge in [-0.25, -0.2) is 0 Å². The van der Waals surface area contributed by atoms with Crippen molar-refractivity contribution in [2.45, 2.75) is 26.3 Å². The fourth-order valence-corrected chi connectivity index (χ4v) is 3.59. The number of hydrogen-bond acceptors (Lipinski definition) is 2. The lowest BCUT2D eigenvalue weighted by atomic mass is 10.2. The minimum absolute atomic E-state index is 0.0595. The average molecular weight is 312 g/mol. The van der Waals surface area contributed by atoms with Crippen LogP contribution in [0.15, 0.2) is 48.0 Å². The van der Waals surface area contributed by atoms with Crippen molar-refractivity contribution in [3.8, 4) is 0 Å². The normalized spacial score (nSPS) is 11.0. The van der Waals surface area contributed by atoms with Crippen LogP contribution in [0.25, 0.3) is 10.9 Å². The Morgan fingerprint density at radius 3 is 2.95 bits per heavy atom. The number of para-hydroxylation sites is 1. The van der Waals surface area contributed by atoms with E-state index in [1.54, 1.807) is 0 Å². The minimum Gasteiger partial charge on any atom is -0.351 e. The molecule has 1 aromatic carbocycles. The first kappa shape index (κ1) is 14.9. The number of aryl methyl sites for hydroxylation is 2. The standard InChI is InChI=1S/C18H20N2OS/c1-2-14-9-13-22-17(14)18(21)19-10-5-11-20-12-8-15-6-3-4-7-16(15)20/h3-4,6-9,12-13H,2,5,10-11H2,1H3,(H,19,21). The van der Waals surface area contributed by atoms with E-state index >= 15 is 0 Å². The SMILES string of the molecule is CCc1ccsc1C(=O)NCCCn1ccc2ccccc21. The number of thiophene rings is 1. The van der Waals surface area contributed by atoms with E-state index < -0.39 is 0 Å². The van der Waals surface area contributed by atoms with Gasteiger partial charge >= 0.3 is 0 Å². The number of rotatable bonds is 6. The molecule has 2 heterocycles. The number of amides is 1. The smallest absolute Gasteiger partial charge is 0.261 e.